The van der Waals surface area contributed by atoms with Crippen molar-refractivity contribution in [3.8, 4) is 0 Å². The zero-order valence-electron chi connectivity index (χ0n) is 36.5. The quantitative estimate of drug-likeness (QED) is 0.0659. The lowest BCUT2D eigenvalue weighted by molar-refractivity contribution is -0.398. The second-order valence-electron chi connectivity index (χ2n) is 22.2. The molecule has 14 heteroatoms. The largest absolute Gasteiger partial charge is 0.469 e. The Kier molecular flexibility index (Phi) is 5.58. The number of esters is 1. The molecule has 0 bridgehead atoms. The van der Waals surface area contributed by atoms with Crippen LogP contribution in [-0.4, -0.2) is 41.1 Å². The van der Waals surface area contributed by atoms with Crippen LogP contribution in [0.1, 0.15) is 105 Å². The van der Waals surface area contributed by atoms with Gasteiger partial charge in [-0.15, -0.1) is 11.3 Å². The van der Waals surface area contributed by atoms with Gasteiger partial charge in [-0.25, -0.2) is 0 Å². The first-order valence-corrected chi connectivity index (χ1v) is 24.9. The Morgan fingerprint density at radius 1 is 0.671 bits per heavy atom. The summed E-state index contributed by atoms with van der Waals surface area (Å²) in [6.07, 6.45) is 0.403. The van der Waals surface area contributed by atoms with Crippen LogP contribution >= 0.6 is 11.3 Å². The fourth-order valence-corrected chi connectivity index (χ4v) is 20.1. The number of allylic oxidation sites excluding steroid dienone is 2. The number of nitrogens with zero attached hydrogens (tertiary/aromatic N) is 2. The van der Waals surface area contributed by atoms with E-state index >= 15 is 17.6 Å². The van der Waals surface area contributed by atoms with E-state index in [4.69, 9.17) is 4.74 Å². The fourth-order valence-electron chi connectivity index (χ4n) is 18.6. The Labute approximate surface area is 390 Å². The minimum Gasteiger partial charge on any atom is -0.469 e. The van der Waals surface area contributed by atoms with Gasteiger partial charge in [0, 0.05) is 58.7 Å². The summed E-state index contributed by atoms with van der Waals surface area (Å²) < 4.78 is 140. The molecule has 2 fully saturated rings. The van der Waals surface area contributed by atoms with Crippen LogP contribution in [0.4, 0.5) is 39.5 Å². The number of hydrogen-bond donors (Lipinski definition) is 0. The molecule has 0 radical (unpaired) electrons. The molecule has 0 amide bonds. The van der Waals surface area contributed by atoms with E-state index in [0.717, 1.165) is 44.3 Å². The van der Waals surface area contributed by atoms with Crippen molar-refractivity contribution >= 4 is 120 Å². The van der Waals surface area contributed by atoms with Gasteiger partial charge in [0.2, 0.25) is 0 Å². The minimum atomic E-state index is -7.10. The SMILES string of the molecule is COC(=O)CCCC1(c2sc(C(F)(F)C(F)(F)C(F)(F)C(F)(F)F)c3nccnc23)C2c3c4c5c6c3c3c(c7ccc8c9ccc%10c%11c%12c%13c(c6c6c%13c(c%119)c8c7c36)=C3C5C(C4C)C4C=CC%10C%12C34)C21. The van der Waals surface area contributed by atoms with E-state index in [0.29, 0.717) is 11.8 Å². The molecule has 0 N–H and O–H groups in total. The lowest BCUT2D eigenvalue weighted by Gasteiger charge is -2.39. The molecule has 2 saturated carbocycles. The van der Waals surface area contributed by atoms with Crippen molar-refractivity contribution in [2.75, 3.05) is 7.11 Å². The van der Waals surface area contributed by atoms with Crippen molar-refractivity contribution in [3.63, 3.8) is 0 Å². The molecule has 19 rings (SSSR count). The number of fused-ring (bicyclic) bond motifs is 9. The number of carbonyl (C=O) groups excluding carboxylic acids is 1. The third-order valence-electron chi connectivity index (χ3n) is 20.4. The summed E-state index contributed by atoms with van der Waals surface area (Å²) in [6, 6.07) is 9.08. The number of alkyl halides is 9. The summed E-state index contributed by atoms with van der Waals surface area (Å²) in [5.74, 6) is -19.9. The van der Waals surface area contributed by atoms with Gasteiger partial charge in [0.25, 0.3) is 0 Å². The molecule has 0 spiro atoms. The van der Waals surface area contributed by atoms with E-state index in [1.807, 2.05) is 0 Å². The van der Waals surface area contributed by atoms with Crippen molar-refractivity contribution in [1.29, 1.82) is 0 Å². The number of methoxy groups -OCH3 is 1. The van der Waals surface area contributed by atoms with Gasteiger partial charge in [0.05, 0.1) is 7.11 Å². The lowest BCUT2D eigenvalue weighted by Crippen LogP contribution is -2.59. The van der Waals surface area contributed by atoms with E-state index in [9.17, 15) is 26.7 Å². The van der Waals surface area contributed by atoms with Gasteiger partial charge >= 0.3 is 29.9 Å². The maximum atomic E-state index is 16.6. The molecule has 2 heterocycles. The van der Waals surface area contributed by atoms with Crippen LogP contribution < -0.4 is 5.22 Å². The number of halogens is 9. The van der Waals surface area contributed by atoms with Crippen molar-refractivity contribution in [1.82, 2.24) is 9.97 Å². The predicted octanol–water partition coefficient (Wildman–Crippen LogP) is 14.2. The van der Waals surface area contributed by atoms with Gasteiger partial charge in [-0.05, 0) is 167 Å². The van der Waals surface area contributed by atoms with E-state index in [1.54, 1.807) is 5.57 Å². The molecule has 344 valence electrons. The molecule has 8 aliphatic carbocycles. The van der Waals surface area contributed by atoms with Crippen LogP contribution in [0.5, 0.6) is 0 Å². The number of benzene rings is 5. The maximum Gasteiger partial charge on any atom is 0.460 e. The first kappa shape index (κ1) is 37.8. The molecule has 70 heavy (non-hydrogen) atoms. The van der Waals surface area contributed by atoms with E-state index in [-0.39, 0.29) is 70.6 Å². The van der Waals surface area contributed by atoms with Crippen molar-refractivity contribution in [2.45, 2.75) is 91.1 Å². The van der Waals surface area contributed by atoms with Crippen LogP contribution in [-0.2, 0) is 20.9 Å². The predicted molar refractivity (Wildman–Crippen MR) is 248 cm³/mol. The zero-order chi connectivity index (χ0) is 47.0. The Balaban J connectivity index is 0.992. The molecular formula is C56H29F9N2O2S. The topological polar surface area (TPSA) is 52.1 Å². The first-order chi connectivity index (χ1) is 33.5. The Hall–Kier alpha value is -6.02. The van der Waals surface area contributed by atoms with Crippen LogP contribution in [0.2, 0.25) is 0 Å². The average molecular weight is 965 g/mol. The number of aromatic nitrogens is 2. The van der Waals surface area contributed by atoms with E-state index in [2.05, 4.69) is 53.3 Å². The van der Waals surface area contributed by atoms with Crippen molar-refractivity contribution in [3.05, 3.63) is 97.2 Å². The molecule has 4 nitrogen and oxygen atoms in total. The number of thiophene rings is 1. The maximum absolute atomic E-state index is 16.6. The molecule has 0 aliphatic heterocycles. The van der Waals surface area contributed by atoms with Crippen LogP contribution in [0, 0.1) is 17.8 Å². The third-order valence-corrected chi connectivity index (χ3v) is 21.8. The number of rotatable bonds is 8. The van der Waals surface area contributed by atoms with Gasteiger partial charge < -0.3 is 4.74 Å². The molecular weight excluding hydrogens is 936 g/mol. The third kappa shape index (κ3) is 3.16. The summed E-state index contributed by atoms with van der Waals surface area (Å²) in [5, 5.41) is 21.2. The van der Waals surface area contributed by atoms with Gasteiger partial charge in [-0.1, -0.05) is 43.3 Å². The first-order valence-electron chi connectivity index (χ1n) is 24.0. The highest BCUT2D eigenvalue weighted by Crippen LogP contribution is 2.84. The highest BCUT2D eigenvalue weighted by atomic mass is 32.1. The van der Waals surface area contributed by atoms with Crippen molar-refractivity contribution in [2.24, 2.45) is 17.8 Å². The monoisotopic (exact) mass is 964 g/mol. The standard InChI is InChI=1S/C56H29F9N2O2S/c1-14-22-19-9-7-17-15-5-6-16-18-8-10-20-29-27(18)34-25(16)24(15)33-26(17)28(19)35-31(22)32-23(14)45-44-37(36(29)42-40(34)39(33)41(35)43(42)38(32)44)30(20)46-47(45)52(46,11-3-4-21(68)69-2)50-48-49(67-13-12-66-48)51(70-50)53(57,58)54(59,60)55(61,62)56(63,64)65/h5-10,12-14,17,19,22,26,28,31,46-47H,3-4,11H2,1-2H3. The lowest BCUT2D eigenvalue weighted by atomic mass is 9.64. The number of ether oxygens (including phenoxy) is 1. The summed E-state index contributed by atoms with van der Waals surface area (Å²) >= 11 is 0.119. The second kappa shape index (κ2) is 10.3. The Morgan fingerprint density at radius 2 is 1.31 bits per heavy atom. The van der Waals surface area contributed by atoms with Gasteiger partial charge in [0.1, 0.15) is 15.9 Å². The molecule has 10 atom stereocenters. The Bertz CT molecular complexity index is 4530. The van der Waals surface area contributed by atoms with Crippen LogP contribution in [0.15, 0.2) is 48.8 Å². The molecule has 2 aromatic heterocycles. The summed E-state index contributed by atoms with van der Waals surface area (Å²) in [6.45, 7) is 2.33. The van der Waals surface area contributed by atoms with Gasteiger partial charge in [-0.3, -0.25) is 14.8 Å². The smallest absolute Gasteiger partial charge is 0.460 e. The normalized spacial score (nSPS) is 29.7. The second-order valence-corrected chi connectivity index (χ2v) is 23.2. The highest BCUT2D eigenvalue weighted by Gasteiger charge is 2.83. The van der Waals surface area contributed by atoms with E-state index < -0.39 is 57.6 Å². The molecule has 0 saturated heterocycles. The van der Waals surface area contributed by atoms with Crippen molar-refractivity contribution < 1.29 is 49.0 Å². The molecule has 9 aromatic carbocycles. The number of hydrogen-bond acceptors (Lipinski definition) is 5. The van der Waals surface area contributed by atoms with E-state index in [1.165, 1.54) is 100 Å². The minimum absolute atomic E-state index is 0.0522. The van der Waals surface area contributed by atoms with Crippen LogP contribution in [0.25, 0.3) is 103 Å². The summed E-state index contributed by atoms with van der Waals surface area (Å²) in [7, 11) is 1.26. The molecule has 11 aromatic rings. The Morgan fingerprint density at radius 3 is 2.09 bits per heavy atom. The summed E-state index contributed by atoms with van der Waals surface area (Å²) in [4.78, 5) is 19.8. The molecule has 10 unspecified atom stereocenters. The van der Waals surface area contributed by atoms with Gasteiger partial charge in [-0.2, -0.15) is 39.5 Å². The van der Waals surface area contributed by atoms with Gasteiger partial charge in [0.15, 0.2) is 0 Å². The summed E-state index contributed by atoms with van der Waals surface area (Å²) in [5.41, 5.74) is 6.82. The van der Waals surface area contributed by atoms with Crippen LogP contribution in [0.3, 0.4) is 0 Å². The average Bonchev–Trinajstić information content (AvgIpc) is 4.12. The highest BCUT2D eigenvalue weighted by molar-refractivity contribution is 7.14. The fraction of sp³-hybridized carbons (Fsp3) is 0.339. The molecule has 8 aliphatic rings. The zero-order valence-corrected chi connectivity index (χ0v) is 37.3. The number of carbonyl (C=O) groups is 1.